The molecule has 0 spiro atoms. The highest BCUT2D eigenvalue weighted by molar-refractivity contribution is 7.97. The first kappa shape index (κ1) is 22.8. The van der Waals surface area contributed by atoms with E-state index in [1.807, 2.05) is 57.2 Å². The van der Waals surface area contributed by atoms with E-state index in [1.54, 1.807) is 18.2 Å². The number of oxazole rings is 1. The number of benzene rings is 2. The highest BCUT2D eigenvalue weighted by atomic mass is 32.2. The minimum Gasteiger partial charge on any atom is -0.508 e. The summed E-state index contributed by atoms with van der Waals surface area (Å²) in [5.41, 5.74) is 3.64. The Morgan fingerprint density at radius 2 is 2.03 bits per heavy atom. The van der Waals surface area contributed by atoms with Crippen molar-refractivity contribution in [2.24, 2.45) is 5.92 Å². The minimum atomic E-state index is -0.966. The van der Waals surface area contributed by atoms with Gasteiger partial charge < -0.3 is 29.2 Å². The molecule has 0 aliphatic carbocycles. The number of aromatic nitrogens is 1. The first-order valence-electron chi connectivity index (χ1n) is 9.88. The normalized spacial score (nSPS) is 12.5. The Morgan fingerprint density at radius 3 is 2.71 bits per heavy atom. The second kappa shape index (κ2) is 10.4. The molecule has 3 aromatic rings. The lowest BCUT2D eigenvalue weighted by Gasteiger charge is -2.16. The number of rotatable bonds is 9. The van der Waals surface area contributed by atoms with Crippen LogP contribution in [0.2, 0.25) is 0 Å². The summed E-state index contributed by atoms with van der Waals surface area (Å²) in [6.07, 6.45) is 3.78. The number of fused-ring (bicyclic) bond motifs is 1. The Morgan fingerprint density at radius 1 is 1.26 bits per heavy atom. The van der Waals surface area contributed by atoms with Gasteiger partial charge >= 0.3 is 7.12 Å². The molecule has 3 rings (SSSR count). The summed E-state index contributed by atoms with van der Waals surface area (Å²) in [5, 5.41) is 23.2. The number of allylic oxidation sites excluding steroid dienone is 3. The van der Waals surface area contributed by atoms with Gasteiger partial charge in [-0.1, -0.05) is 32.1 Å². The van der Waals surface area contributed by atoms with Crippen LogP contribution in [0.5, 0.6) is 5.75 Å². The molecular weight excluding hydrogens is 413 g/mol. The number of aromatic hydroxyl groups is 1. The Bertz CT molecular complexity index is 1060. The van der Waals surface area contributed by atoms with E-state index in [1.165, 1.54) is 19.1 Å². The van der Waals surface area contributed by atoms with Crippen molar-refractivity contribution in [2.75, 3.05) is 12.4 Å². The third kappa shape index (κ3) is 5.84. The zero-order chi connectivity index (χ0) is 22.4. The van der Waals surface area contributed by atoms with Crippen LogP contribution < -0.4 is 10.0 Å². The third-order valence-corrected chi connectivity index (χ3v) is 5.50. The molecule has 2 aromatic carbocycles. The summed E-state index contributed by atoms with van der Waals surface area (Å²) in [5.74, 6) is 0.237. The molecule has 0 bridgehead atoms. The number of hydrogen-bond donors (Lipinski definition) is 4. The Hall–Kier alpha value is -2.88. The molecule has 0 saturated carbocycles. The quantitative estimate of drug-likeness (QED) is 0.209. The molecule has 4 N–H and O–H groups in total. The van der Waals surface area contributed by atoms with Gasteiger partial charge in [-0.3, -0.25) is 0 Å². The van der Waals surface area contributed by atoms with Crippen molar-refractivity contribution < 1.29 is 19.2 Å². The topological polar surface area (TPSA) is 99.8 Å². The molecule has 0 fully saturated rings. The zero-order valence-electron chi connectivity index (χ0n) is 17.9. The SMILES string of the molecule is C/C=C(\C=C(\B(O)OC)C(C)C)NSc1ccc(O)cc1Nc1nc2ccccc2o1. The van der Waals surface area contributed by atoms with E-state index in [-0.39, 0.29) is 11.7 Å². The lowest BCUT2D eigenvalue weighted by Crippen LogP contribution is -2.23. The second-order valence-electron chi connectivity index (χ2n) is 7.13. The van der Waals surface area contributed by atoms with Crippen molar-refractivity contribution in [1.29, 1.82) is 0 Å². The van der Waals surface area contributed by atoms with Gasteiger partial charge in [-0.25, -0.2) is 0 Å². The van der Waals surface area contributed by atoms with Crippen LogP contribution in [0.4, 0.5) is 11.7 Å². The molecule has 162 valence electrons. The molecule has 31 heavy (non-hydrogen) atoms. The number of nitrogens with zero attached hydrogens (tertiary/aromatic N) is 1. The number of phenolic OH excluding ortho intramolecular Hbond substituents is 1. The maximum Gasteiger partial charge on any atom is 0.487 e. The van der Waals surface area contributed by atoms with Crippen LogP contribution >= 0.6 is 11.9 Å². The fourth-order valence-corrected chi connectivity index (χ4v) is 3.63. The van der Waals surface area contributed by atoms with Crippen molar-refractivity contribution in [2.45, 2.75) is 25.7 Å². The van der Waals surface area contributed by atoms with Crippen molar-refractivity contribution in [1.82, 2.24) is 9.71 Å². The zero-order valence-corrected chi connectivity index (χ0v) is 18.7. The van der Waals surface area contributed by atoms with Gasteiger partial charge in [0.2, 0.25) is 0 Å². The Kier molecular flexibility index (Phi) is 7.67. The third-order valence-electron chi connectivity index (χ3n) is 4.59. The largest absolute Gasteiger partial charge is 0.508 e. The first-order chi connectivity index (χ1) is 14.9. The molecule has 0 unspecified atom stereocenters. The molecule has 0 amide bonds. The number of nitrogens with one attached hydrogen (secondary N) is 2. The average Bonchev–Trinajstić information content (AvgIpc) is 3.16. The van der Waals surface area contributed by atoms with E-state index in [2.05, 4.69) is 15.0 Å². The molecule has 0 aliphatic heterocycles. The van der Waals surface area contributed by atoms with Gasteiger partial charge in [-0.2, -0.15) is 4.98 Å². The summed E-state index contributed by atoms with van der Waals surface area (Å²) in [6.45, 7) is 5.90. The van der Waals surface area contributed by atoms with Crippen LogP contribution in [-0.2, 0) is 4.65 Å². The average molecular weight is 439 g/mol. The molecular formula is C22H26BN3O4S. The maximum absolute atomic E-state index is 10.1. The van der Waals surface area contributed by atoms with Crippen molar-refractivity contribution >= 4 is 41.9 Å². The van der Waals surface area contributed by atoms with Crippen LogP contribution in [0.1, 0.15) is 20.8 Å². The van der Waals surface area contributed by atoms with E-state index < -0.39 is 7.12 Å². The molecule has 1 heterocycles. The van der Waals surface area contributed by atoms with E-state index in [0.29, 0.717) is 17.3 Å². The van der Waals surface area contributed by atoms with Gasteiger partial charge in [-0.05, 0) is 60.6 Å². The smallest absolute Gasteiger partial charge is 0.487 e. The Labute approximate surface area is 186 Å². The predicted octanol–water partition coefficient (Wildman–Crippen LogP) is 5.03. The van der Waals surface area contributed by atoms with Gasteiger partial charge in [-0.15, -0.1) is 0 Å². The van der Waals surface area contributed by atoms with E-state index in [4.69, 9.17) is 9.07 Å². The van der Waals surface area contributed by atoms with Crippen molar-refractivity contribution in [3.63, 3.8) is 0 Å². The fourth-order valence-electron chi connectivity index (χ4n) is 2.87. The van der Waals surface area contributed by atoms with E-state index in [0.717, 1.165) is 21.6 Å². The standard InChI is InChI=1S/C22H26BN3O4S/c1-5-15(12-17(14(2)3)23(28)29-4)26-31-21-11-10-16(27)13-19(21)25-22-24-18-8-6-7-9-20(18)30-22/h5-14,26-28H,1-4H3,(H,24,25)/b15-5+,17-12+. The fraction of sp³-hybridized carbons (Fsp3) is 0.227. The molecule has 1 aromatic heterocycles. The number of para-hydroxylation sites is 2. The van der Waals surface area contributed by atoms with Crippen LogP contribution in [0.25, 0.3) is 11.1 Å². The number of phenols is 1. The molecule has 0 aliphatic rings. The van der Waals surface area contributed by atoms with Crippen molar-refractivity contribution in [3.8, 4) is 5.75 Å². The lowest BCUT2D eigenvalue weighted by molar-refractivity contribution is 0.332. The number of hydrogen-bond acceptors (Lipinski definition) is 8. The summed E-state index contributed by atoms with van der Waals surface area (Å²) in [4.78, 5) is 5.25. The highest BCUT2D eigenvalue weighted by Crippen LogP contribution is 2.33. The second-order valence-corrected chi connectivity index (χ2v) is 7.98. The Balaban J connectivity index is 1.80. The van der Waals surface area contributed by atoms with Gasteiger partial charge in [0.15, 0.2) is 5.58 Å². The van der Waals surface area contributed by atoms with Gasteiger partial charge in [0.1, 0.15) is 11.3 Å². The predicted molar refractivity (Wildman–Crippen MR) is 126 cm³/mol. The summed E-state index contributed by atoms with van der Waals surface area (Å²) >= 11 is 1.36. The van der Waals surface area contributed by atoms with Gasteiger partial charge in [0.05, 0.1) is 10.6 Å². The molecule has 0 saturated heterocycles. The summed E-state index contributed by atoms with van der Waals surface area (Å²) in [6, 6.07) is 12.8. The van der Waals surface area contributed by atoms with E-state index in [9.17, 15) is 10.1 Å². The van der Waals surface area contributed by atoms with Crippen LogP contribution in [0.3, 0.4) is 0 Å². The van der Waals surface area contributed by atoms with Crippen molar-refractivity contribution in [3.05, 3.63) is 65.8 Å². The first-order valence-corrected chi connectivity index (χ1v) is 10.7. The summed E-state index contributed by atoms with van der Waals surface area (Å²) in [7, 11) is 0.505. The lowest BCUT2D eigenvalue weighted by atomic mass is 9.72. The van der Waals surface area contributed by atoms with E-state index >= 15 is 0 Å². The monoisotopic (exact) mass is 439 g/mol. The molecule has 9 heteroatoms. The molecule has 0 atom stereocenters. The molecule has 7 nitrogen and oxygen atoms in total. The van der Waals surface area contributed by atoms with Crippen LogP contribution in [-0.4, -0.2) is 29.3 Å². The molecule has 0 radical (unpaired) electrons. The van der Waals surface area contributed by atoms with Crippen LogP contribution in [0.15, 0.2) is 75.1 Å². The minimum absolute atomic E-state index is 0.113. The van der Waals surface area contributed by atoms with Crippen LogP contribution in [0, 0.1) is 5.92 Å². The summed E-state index contributed by atoms with van der Waals surface area (Å²) < 4.78 is 14.1. The highest BCUT2D eigenvalue weighted by Gasteiger charge is 2.21. The number of anilines is 2. The van der Waals surface area contributed by atoms with Gasteiger partial charge in [0.25, 0.3) is 6.01 Å². The van der Waals surface area contributed by atoms with Gasteiger partial charge in [0, 0.05) is 18.9 Å². The maximum atomic E-state index is 10.1.